The maximum absolute atomic E-state index is 12.4. The van der Waals surface area contributed by atoms with Gasteiger partial charge in [-0.25, -0.2) is 9.48 Å². The Kier molecular flexibility index (Phi) is 5.57. The summed E-state index contributed by atoms with van der Waals surface area (Å²) in [5.74, 6) is -1.23. The highest BCUT2D eigenvalue weighted by molar-refractivity contribution is 5.97. The molecule has 0 unspecified atom stereocenters. The monoisotopic (exact) mass is 331 g/mol. The molecule has 0 radical (unpaired) electrons. The first-order chi connectivity index (χ1) is 11.4. The van der Waals surface area contributed by atoms with Crippen molar-refractivity contribution in [2.24, 2.45) is 5.92 Å². The second-order valence-electron chi connectivity index (χ2n) is 5.82. The molecule has 1 atom stereocenters. The lowest BCUT2D eigenvalue weighted by atomic mass is 10.0. The molecule has 0 aliphatic carbocycles. The van der Waals surface area contributed by atoms with Crippen LogP contribution in [-0.2, 0) is 4.79 Å². The summed E-state index contributed by atoms with van der Waals surface area (Å²) in [7, 11) is 1.44. The van der Waals surface area contributed by atoms with E-state index in [0.29, 0.717) is 6.42 Å². The summed E-state index contributed by atoms with van der Waals surface area (Å²) in [6.07, 6.45) is 1.92. The van der Waals surface area contributed by atoms with Gasteiger partial charge in [-0.05, 0) is 24.5 Å². The van der Waals surface area contributed by atoms with E-state index in [1.54, 1.807) is 6.20 Å². The number of nitrogens with one attached hydrogen (secondary N) is 1. The average Bonchev–Trinajstić information content (AvgIpc) is 2.99. The SMILES string of the molecule is COc1cn(-c2ccccc2)nc1C(=O)N[C@@H](CC(C)C)C(=O)O. The minimum absolute atomic E-state index is 0.0522. The molecule has 2 aromatic rings. The maximum Gasteiger partial charge on any atom is 0.326 e. The zero-order valence-corrected chi connectivity index (χ0v) is 13.9. The molecule has 7 heteroatoms. The van der Waals surface area contributed by atoms with Crippen LogP contribution in [0.15, 0.2) is 36.5 Å². The fourth-order valence-corrected chi connectivity index (χ4v) is 2.30. The van der Waals surface area contributed by atoms with Gasteiger partial charge >= 0.3 is 5.97 Å². The van der Waals surface area contributed by atoms with Crippen molar-refractivity contribution in [3.8, 4) is 11.4 Å². The molecule has 128 valence electrons. The molecular weight excluding hydrogens is 310 g/mol. The second-order valence-corrected chi connectivity index (χ2v) is 5.82. The Morgan fingerprint density at radius 2 is 1.96 bits per heavy atom. The fourth-order valence-electron chi connectivity index (χ4n) is 2.30. The standard InChI is InChI=1S/C17H21N3O4/c1-11(2)9-13(17(22)23)18-16(21)15-14(24-3)10-20(19-15)12-7-5-4-6-8-12/h4-8,10-11,13H,9H2,1-3H3,(H,18,21)(H,22,23)/t13-/m0/s1. The van der Waals surface area contributed by atoms with Crippen molar-refractivity contribution in [1.82, 2.24) is 15.1 Å². The summed E-state index contributed by atoms with van der Waals surface area (Å²) in [4.78, 5) is 23.7. The highest BCUT2D eigenvalue weighted by atomic mass is 16.5. The predicted octanol–water partition coefficient (Wildman–Crippen LogP) is 2.11. The van der Waals surface area contributed by atoms with Crippen molar-refractivity contribution >= 4 is 11.9 Å². The van der Waals surface area contributed by atoms with E-state index >= 15 is 0 Å². The van der Waals surface area contributed by atoms with Crippen molar-refractivity contribution in [3.63, 3.8) is 0 Å². The number of aromatic nitrogens is 2. The molecule has 2 rings (SSSR count). The van der Waals surface area contributed by atoms with Gasteiger partial charge in [0.1, 0.15) is 6.04 Å². The topological polar surface area (TPSA) is 93.5 Å². The maximum atomic E-state index is 12.4. The van der Waals surface area contributed by atoms with Crippen LogP contribution in [0.1, 0.15) is 30.8 Å². The minimum Gasteiger partial charge on any atom is -0.493 e. The quantitative estimate of drug-likeness (QED) is 0.810. The molecule has 0 spiro atoms. The Morgan fingerprint density at radius 3 is 2.50 bits per heavy atom. The van der Waals surface area contributed by atoms with Crippen molar-refractivity contribution in [2.75, 3.05) is 7.11 Å². The van der Waals surface area contributed by atoms with Crippen LogP contribution in [0.4, 0.5) is 0 Å². The highest BCUT2D eigenvalue weighted by Crippen LogP contribution is 2.20. The first-order valence-electron chi connectivity index (χ1n) is 7.65. The number of hydrogen-bond acceptors (Lipinski definition) is 4. The predicted molar refractivity (Wildman–Crippen MR) is 88.5 cm³/mol. The molecule has 1 amide bonds. The number of carboxylic acids is 1. The normalized spacial score (nSPS) is 12.0. The van der Waals surface area contributed by atoms with Crippen LogP contribution in [0.25, 0.3) is 5.69 Å². The van der Waals surface area contributed by atoms with Gasteiger partial charge in [-0.15, -0.1) is 0 Å². The van der Waals surface area contributed by atoms with Gasteiger partial charge in [0.25, 0.3) is 5.91 Å². The molecule has 1 aromatic heterocycles. The van der Waals surface area contributed by atoms with Gasteiger partial charge in [-0.3, -0.25) is 4.79 Å². The van der Waals surface area contributed by atoms with Crippen LogP contribution in [0.2, 0.25) is 0 Å². The molecule has 1 aromatic carbocycles. The van der Waals surface area contributed by atoms with Crippen LogP contribution in [0.3, 0.4) is 0 Å². The van der Waals surface area contributed by atoms with Crippen LogP contribution in [-0.4, -0.2) is 39.9 Å². The number of carboxylic acid groups (broad SMARTS) is 1. The Hall–Kier alpha value is -2.83. The molecule has 0 aliphatic rings. The third kappa shape index (κ3) is 4.13. The van der Waals surface area contributed by atoms with Crippen LogP contribution in [0, 0.1) is 5.92 Å². The second kappa shape index (κ2) is 7.63. The summed E-state index contributed by atoms with van der Waals surface area (Å²) in [5, 5.41) is 16.0. The number of ether oxygens (including phenoxy) is 1. The first-order valence-corrected chi connectivity index (χ1v) is 7.65. The molecule has 2 N–H and O–H groups in total. The van der Waals surface area contributed by atoms with E-state index in [9.17, 15) is 14.7 Å². The van der Waals surface area contributed by atoms with Crippen molar-refractivity contribution < 1.29 is 19.4 Å². The van der Waals surface area contributed by atoms with Gasteiger partial charge in [-0.1, -0.05) is 32.0 Å². The summed E-state index contributed by atoms with van der Waals surface area (Å²) in [5.41, 5.74) is 0.822. The van der Waals surface area contributed by atoms with Crippen LogP contribution < -0.4 is 10.1 Å². The van der Waals surface area contributed by atoms with Gasteiger partial charge < -0.3 is 15.2 Å². The Labute approximate surface area is 140 Å². The first kappa shape index (κ1) is 17.5. The molecule has 1 heterocycles. The van der Waals surface area contributed by atoms with Crippen molar-refractivity contribution in [3.05, 3.63) is 42.2 Å². The van der Waals surface area contributed by atoms with E-state index < -0.39 is 17.9 Å². The highest BCUT2D eigenvalue weighted by Gasteiger charge is 2.25. The van der Waals surface area contributed by atoms with Crippen molar-refractivity contribution in [1.29, 1.82) is 0 Å². The number of para-hydroxylation sites is 1. The molecular formula is C17H21N3O4. The lowest BCUT2D eigenvalue weighted by Crippen LogP contribution is -2.41. The van der Waals surface area contributed by atoms with Gasteiger partial charge in [0.05, 0.1) is 19.0 Å². The smallest absolute Gasteiger partial charge is 0.326 e. The minimum atomic E-state index is -1.07. The van der Waals surface area contributed by atoms with Gasteiger partial charge in [0.15, 0.2) is 11.4 Å². The molecule has 0 aliphatic heterocycles. The van der Waals surface area contributed by atoms with E-state index in [1.807, 2.05) is 44.2 Å². The molecule has 7 nitrogen and oxygen atoms in total. The number of nitrogens with zero attached hydrogens (tertiary/aromatic N) is 2. The van der Waals surface area contributed by atoms with Crippen LogP contribution >= 0.6 is 0 Å². The molecule has 0 bridgehead atoms. The summed E-state index contributed by atoms with van der Waals surface area (Å²) in [6, 6.07) is 8.30. The average molecular weight is 331 g/mol. The zero-order chi connectivity index (χ0) is 17.7. The molecule has 0 saturated carbocycles. The van der Waals surface area contributed by atoms with E-state index in [1.165, 1.54) is 11.8 Å². The summed E-state index contributed by atoms with van der Waals surface area (Å²) >= 11 is 0. The van der Waals surface area contributed by atoms with Crippen LogP contribution in [0.5, 0.6) is 5.75 Å². The fraction of sp³-hybridized carbons (Fsp3) is 0.353. The lowest BCUT2D eigenvalue weighted by molar-refractivity contribution is -0.139. The number of rotatable bonds is 7. The van der Waals surface area contributed by atoms with Gasteiger partial charge in [-0.2, -0.15) is 5.10 Å². The van der Waals surface area contributed by atoms with Gasteiger partial charge in [0, 0.05) is 0 Å². The number of carbonyl (C=O) groups excluding carboxylic acids is 1. The number of carbonyl (C=O) groups is 2. The third-order valence-electron chi connectivity index (χ3n) is 3.45. The van der Waals surface area contributed by atoms with E-state index in [-0.39, 0.29) is 17.4 Å². The number of methoxy groups -OCH3 is 1. The van der Waals surface area contributed by atoms with E-state index in [2.05, 4.69) is 10.4 Å². The largest absolute Gasteiger partial charge is 0.493 e. The number of hydrogen-bond donors (Lipinski definition) is 2. The van der Waals surface area contributed by atoms with Crippen molar-refractivity contribution in [2.45, 2.75) is 26.3 Å². The molecule has 0 fully saturated rings. The Morgan fingerprint density at radius 1 is 1.29 bits per heavy atom. The molecule has 0 saturated heterocycles. The number of amides is 1. The Bertz CT molecular complexity index is 710. The number of benzene rings is 1. The molecule has 24 heavy (non-hydrogen) atoms. The third-order valence-corrected chi connectivity index (χ3v) is 3.45. The summed E-state index contributed by atoms with van der Waals surface area (Å²) in [6.45, 7) is 3.79. The van der Waals surface area contributed by atoms with E-state index in [4.69, 9.17) is 4.74 Å². The Balaban J connectivity index is 2.25. The van der Waals surface area contributed by atoms with Gasteiger partial charge in [0.2, 0.25) is 0 Å². The summed E-state index contributed by atoms with van der Waals surface area (Å²) < 4.78 is 6.72. The number of aliphatic carboxylic acids is 1. The van der Waals surface area contributed by atoms with E-state index in [0.717, 1.165) is 5.69 Å². The zero-order valence-electron chi connectivity index (χ0n) is 13.9. The lowest BCUT2D eigenvalue weighted by Gasteiger charge is -2.15.